The van der Waals surface area contributed by atoms with E-state index in [2.05, 4.69) is 22.9 Å². The summed E-state index contributed by atoms with van der Waals surface area (Å²) in [7, 11) is 0. The Hall–Kier alpha value is -0.830. The van der Waals surface area contributed by atoms with Crippen LogP contribution in [0.4, 0.5) is 0 Å². The summed E-state index contributed by atoms with van der Waals surface area (Å²) < 4.78 is 6.45. The molecule has 0 radical (unpaired) electrons. The van der Waals surface area contributed by atoms with Gasteiger partial charge in [-0.05, 0) is 31.5 Å². The number of Topliss-reactive ketones (excluding diaryl/α,β-unsaturated/α-hetero) is 1. The molecule has 0 saturated carbocycles. The Bertz CT molecular complexity index is 415. The van der Waals surface area contributed by atoms with Crippen molar-refractivity contribution in [1.82, 2.24) is 0 Å². The van der Waals surface area contributed by atoms with Crippen LogP contribution in [0.3, 0.4) is 0 Å². The van der Waals surface area contributed by atoms with Crippen molar-refractivity contribution < 1.29 is 9.53 Å². The lowest BCUT2D eigenvalue weighted by atomic mass is 10.0. The third-order valence-electron chi connectivity index (χ3n) is 3.30. The number of hydrogen-bond donors (Lipinski definition) is 0. The van der Waals surface area contributed by atoms with Crippen LogP contribution < -0.4 is 4.74 Å². The van der Waals surface area contributed by atoms with Gasteiger partial charge >= 0.3 is 0 Å². The largest absolute Gasteiger partial charge is 0.493 e. The maximum atomic E-state index is 12.3. The standard InChI is InChI=1S/C17H25BrO2/c1-3-5-6-7-8-9-10-16(19)15-13-14(18)11-12-17(15)20-4-2/h11-13H,3-10H2,1-2H3. The van der Waals surface area contributed by atoms with Gasteiger partial charge in [0, 0.05) is 10.9 Å². The first-order valence-electron chi connectivity index (χ1n) is 7.64. The van der Waals surface area contributed by atoms with E-state index in [1.54, 1.807) is 0 Å². The van der Waals surface area contributed by atoms with Crippen LogP contribution in [-0.4, -0.2) is 12.4 Å². The fourth-order valence-electron chi connectivity index (χ4n) is 2.20. The highest BCUT2D eigenvalue weighted by Gasteiger charge is 2.12. The second kappa shape index (κ2) is 9.98. The van der Waals surface area contributed by atoms with E-state index in [0.717, 1.165) is 17.3 Å². The number of ether oxygens (including phenoxy) is 1. The third kappa shape index (κ3) is 6.08. The fraction of sp³-hybridized carbons (Fsp3) is 0.588. The molecular weight excluding hydrogens is 316 g/mol. The molecule has 1 aromatic carbocycles. The van der Waals surface area contributed by atoms with E-state index in [1.165, 1.54) is 25.7 Å². The van der Waals surface area contributed by atoms with Gasteiger partial charge in [-0.15, -0.1) is 0 Å². The lowest BCUT2D eigenvalue weighted by Crippen LogP contribution is -2.04. The van der Waals surface area contributed by atoms with E-state index >= 15 is 0 Å². The number of carbonyl (C=O) groups is 1. The molecule has 0 aliphatic carbocycles. The van der Waals surface area contributed by atoms with Gasteiger partial charge in [-0.1, -0.05) is 55.0 Å². The van der Waals surface area contributed by atoms with Crippen LogP contribution in [0.5, 0.6) is 5.75 Å². The SMILES string of the molecule is CCCCCCCCC(=O)c1cc(Br)ccc1OCC. The zero-order valence-corrected chi connectivity index (χ0v) is 14.2. The summed E-state index contributed by atoms with van der Waals surface area (Å²) in [4.78, 5) is 12.3. The molecule has 0 aliphatic heterocycles. The average molecular weight is 341 g/mol. The van der Waals surface area contributed by atoms with Gasteiger partial charge in [-0.25, -0.2) is 0 Å². The summed E-state index contributed by atoms with van der Waals surface area (Å²) >= 11 is 3.42. The van der Waals surface area contributed by atoms with Crippen molar-refractivity contribution in [3.8, 4) is 5.75 Å². The van der Waals surface area contributed by atoms with Gasteiger partial charge in [0.15, 0.2) is 5.78 Å². The molecule has 2 nitrogen and oxygen atoms in total. The van der Waals surface area contributed by atoms with E-state index < -0.39 is 0 Å². The quantitative estimate of drug-likeness (QED) is 0.398. The topological polar surface area (TPSA) is 26.3 Å². The van der Waals surface area contributed by atoms with Crippen molar-refractivity contribution in [1.29, 1.82) is 0 Å². The Morgan fingerprint density at radius 1 is 1.10 bits per heavy atom. The van der Waals surface area contributed by atoms with Crippen molar-refractivity contribution in [3.63, 3.8) is 0 Å². The summed E-state index contributed by atoms with van der Waals surface area (Å²) in [5, 5.41) is 0. The molecule has 0 bridgehead atoms. The Balaban J connectivity index is 2.47. The first-order chi connectivity index (χ1) is 9.69. The molecule has 0 spiro atoms. The molecular formula is C17H25BrO2. The maximum Gasteiger partial charge on any atom is 0.166 e. The summed E-state index contributed by atoms with van der Waals surface area (Å²) in [6, 6.07) is 5.64. The second-order valence-corrected chi connectivity index (χ2v) is 5.93. The van der Waals surface area contributed by atoms with Crippen molar-refractivity contribution in [3.05, 3.63) is 28.2 Å². The van der Waals surface area contributed by atoms with Crippen LogP contribution >= 0.6 is 15.9 Å². The smallest absolute Gasteiger partial charge is 0.166 e. The van der Waals surface area contributed by atoms with Crippen LogP contribution in [-0.2, 0) is 0 Å². The fourth-order valence-corrected chi connectivity index (χ4v) is 2.56. The van der Waals surface area contributed by atoms with Crippen molar-refractivity contribution in [2.45, 2.75) is 58.8 Å². The summed E-state index contributed by atoms with van der Waals surface area (Å²) in [5.41, 5.74) is 0.704. The van der Waals surface area contributed by atoms with Crippen LogP contribution in [0.25, 0.3) is 0 Å². The molecule has 1 aromatic rings. The maximum absolute atomic E-state index is 12.3. The molecule has 0 atom stereocenters. The van der Waals surface area contributed by atoms with Gasteiger partial charge < -0.3 is 4.74 Å². The minimum atomic E-state index is 0.185. The van der Waals surface area contributed by atoms with Crippen molar-refractivity contribution >= 4 is 21.7 Å². The molecule has 20 heavy (non-hydrogen) atoms. The zero-order chi connectivity index (χ0) is 14.8. The van der Waals surface area contributed by atoms with E-state index in [1.807, 2.05) is 25.1 Å². The molecule has 112 valence electrons. The molecule has 1 rings (SSSR count). The lowest BCUT2D eigenvalue weighted by Gasteiger charge is -2.10. The van der Waals surface area contributed by atoms with E-state index in [9.17, 15) is 4.79 Å². The Morgan fingerprint density at radius 3 is 2.50 bits per heavy atom. The predicted molar refractivity (Wildman–Crippen MR) is 87.6 cm³/mol. The second-order valence-electron chi connectivity index (χ2n) is 5.01. The van der Waals surface area contributed by atoms with Crippen LogP contribution in [0.1, 0.15) is 69.2 Å². The Morgan fingerprint density at radius 2 is 1.80 bits per heavy atom. The van der Waals surface area contributed by atoms with E-state index in [-0.39, 0.29) is 5.78 Å². The summed E-state index contributed by atoms with van der Waals surface area (Å²) in [5.74, 6) is 0.886. The molecule has 3 heteroatoms. The monoisotopic (exact) mass is 340 g/mol. The highest BCUT2D eigenvalue weighted by Crippen LogP contribution is 2.25. The molecule has 0 fully saturated rings. The molecule has 0 aromatic heterocycles. The summed E-state index contributed by atoms with van der Waals surface area (Å²) in [6.07, 6.45) is 7.80. The van der Waals surface area contributed by atoms with Gasteiger partial charge in [-0.2, -0.15) is 0 Å². The molecule has 0 heterocycles. The number of benzene rings is 1. The number of rotatable bonds is 10. The highest BCUT2D eigenvalue weighted by molar-refractivity contribution is 9.10. The Kier molecular flexibility index (Phi) is 8.59. The lowest BCUT2D eigenvalue weighted by molar-refractivity contribution is 0.0975. The molecule has 0 N–H and O–H groups in total. The minimum Gasteiger partial charge on any atom is -0.493 e. The normalized spacial score (nSPS) is 10.6. The van der Waals surface area contributed by atoms with Gasteiger partial charge in [0.1, 0.15) is 5.75 Å². The van der Waals surface area contributed by atoms with Gasteiger partial charge in [0.25, 0.3) is 0 Å². The van der Waals surface area contributed by atoms with Crippen LogP contribution in [0.2, 0.25) is 0 Å². The number of halogens is 1. The van der Waals surface area contributed by atoms with Crippen molar-refractivity contribution in [2.24, 2.45) is 0 Å². The number of unbranched alkanes of at least 4 members (excludes halogenated alkanes) is 5. The molecule has 0 amide bonds. The van der Waals surface area contributed by atoms with Gasteiger partial charge in [-0.3, -0.25) is 4.79 Å². The average Bonchev–Trinajstić information content (AvgIpc) is 2.44. The third-order valence-corrected chi connectivity index (χ3v) is 3.79. The predicted octanol–water partition coefficient (Wildman–Crippen LogP) is 5.78. The minimum absolute atomic E-state index is 0.185. The first kappa shape index (κ1) is 17.2. The summed E-state index contributed by atoms with van der Waals surface area (Å²) in [6.45, 7) is 4.73. The number of hydrogen-bond acceptors (Lipinski definition) is 2. The van der Waals surface area contributed by atoms with Crippen molar-refractivity contribution in [2.75, 3.05) is 6.61 Å². The number of carbonyl (C=O) groups excluding carboxylic acids is 1. The van der Waals surface area contributed by atoms with Gasteiger partial charge in [0.2, 0.25) is 0 Å². The highest BCUT2D eigenvalue weighted by atomic mass is 79.9. The zero-order valence-electron chi connectivity index (χ0n) is 12.6. The first-order valence-corrected chi connectivity index (χ1v) is 8.43. The van der Waals surface area contributed by atoms with Crippen LogP contribution in [0, 0.1) is 0 Å². The van der Waals surface area contributed by atoms with Crippen LogP contribution in [0.15, 0.2) is 22.7 Å². The molecule has 0 saturated heterocycles. The molecule has 0 aliphatic rings. The van der Waals surface area contributed by atoms with E-state index in [0.29, 0.717) is 24.3 Å². The molecule has 0 unspecified atom stereocenters. The number of ketones is 1. The Labute approximate surface area is 131 Å². The van der Waals surface area contributed by atoms with Gasteiger partial charge in [0.05, 0.1) is 12.2 Å². The van der Waals surface area contributed by atoms with E-state index in [4.69, 9.17) is 4.74 Å².